The molecular weight excluding hydrogens is 144 g/mol. The average Bonchev–Trinajstić information content (AvgIpc) is 1.60. The number of rotatable bonds is 2. The van der Waals surface area contributed by atoms with E-state index >= 15 is 0 Å². The Morgan fingerprint density at radius 3 is 2.20 bits per heavy atom. The lowest BCUT2D eigenvalue weighted by Crippen LogP contribution is -2.43. The molecule has 0 rings (SSSR count). The Morgan fingerprint density at radius 2 is 2.10 bits per heavy atom. The van der Waals surface area contributed by atoms with Gasteiger partial charge in [-0.1, -0.05) is 0 Å². The van der Waals surface area contributed by atoms with Gasteiger partial charge in [-0.15, -0.1) is 0 Å². The van der Waals surface area contributed by atoms with E-state index in [0.717, 1.165) is 6.92 Å². The van der Waals surface area contributed by atoms with Crippen molar-refractivity contribution in [2.45, 2.75) is 25.8 Å². The summed E-state index contributed by atoms with van der Waals surface area (Å²) >= 11 is 0. The van der Waals surface area contributed by atoms with Crippen molar-refractivity contribution in [3.63, 3.8) is 0 Å². The molecule has 1 unspecified atom stereocenters. The fourth-order valence-electron chi connectivity index (χ4n) is 0.312. The highest BCUT2D eigenvalue weighted by Crippen LogP contribution is 2.16. The highest BCUT2D eigenvalue weighted by molar-refractivity contribution is 5.64. The number of halogens is 2. The summed E-state index contributed by atoms with van der Waals surface area (Å²) in [6.45, 7) is 1.77. The van der Waals surface area contributed by atoms with E-state index in [9.17, 15) is 13.6 Å². The third-order valence-electron chi connectivity index (χ3n) is 1.10. The van der Waals surface area contributed by atoms with Crippen molar-refractivity contribution in [2.75, 3.05) is 0 Å². The molecule has 0 aliphatic rings. The molecule has 0 aliphatic heterocycles. The number of carbonyl (C=O) groups is 1. The summed E-state index contributed by atoms with van der Waals surface area (Å²) in [5, 5.41) is 9.65. The summed E-state index contributed by atoms with van der Waals surface area (Å²) < 4.78 is 24.3. The Morgan fingerprint density at radius 1 is 1.70 bits per heavy atom. The monoisotopic (exact) mass is 153 g/mol. The second-order valence-corrected chi connectivity index (χ2v) is 2.13. The maximum atomic E-state index is 12.2. The first-order chi connectivity index (χ1) is 4.34. The molecule has 0 aliphatic carbocycles. The maximum Gasteiger partial charge on any atom is 0.405 e. The highest BCUT2D eigenvalue weighted by atomic mass is 19.3. The van der Waals surface area contributed by atoms with Gasteiger partial charge in [0.15, 0.2) is 0 Å². The average molecular weight is 153 g/mol. The van der Waals surface area contributed by atoms with Crippen LogP contribution in [0.4, 0.5) is 13.6 Å². The molecule has 10 heavy (non-hydrogen) atoms. The van der Waals surface area contributed by atoms with Crippen LogP contribution in [-0.2, 0) is 0 Å². The molecule has 0 saturated carbocycles. The molecule has 0 bridgehead atoms. The van der Waals surface area contributed by atoms with Crippen molar-refractivity contribution < 1.29 is 18.7 Å². The molecule has 2 N–H and O–H groups in total. The van der Waals surface area contributed by atoms with Crippen molar-refractivity contribution in [1.82, 2.24) is 5.32 Å². The summed E-state index contributed by atoms with van der Waals surface area (Å²) in [4.78, 5) is 9.81. The van der Waals surface area contributed by atoms with E-state index in [1.807, 2.05) is 0 Å². The number of carboxylic acid groups (broad SMARTS) is 1. The normalized spacial score (nSPS) is 14.4. The molecule has 0 spiro atoms. The quantitative estimate of drug-likeness (QED) is 0.628. The molecule has 0 radical (unpaired) electrons. The van der Waals surface area contributed by atoms with Crippen LogP contribution in [0.15, 0.2) is 0 Å². The second kappa shape index (κ2) is 2.81. The minimum absolute atomic E-state index is 0.660. The SMILES string of the molecule is CC(NC(=O)O)C(C)(F)F. The van der Waals surface area contributed by atoms with Crippen LogP contribution >= 0.6 is 0 Å². The Kier molecular flexibility index (Phi) is 2.56. The van der Waals surface area contributed by atoms with Gasteiger partial charge < -0.3 is 10.4 Å². The predicted octanol–water partition coefficient (Wildman–Crippen LogP) is 1.30. The first-order valence-electron chi connectivity index (χ1n) is 2.71. The van der Waals surface area contributed by atoms with Crippen LogP contribution in [0.1, 0.15) is 13.8 Å². The Labute approximate surface area is 57.0 Å². The molecule has 0 heterocycles. The number of amides is 1. The first kappa shape index (κ1) is 9.13. The summed E-state index contributed by atoms with van der Waals surface area (Å²) in [5.41, 5.74) is 0. The van der Waals surface area contributed by atoms with Crippen LogP contribution in [0, 0.1) is 0 Å². The van der Waals surface area contributed by atoms with E-state index < -0.39 is 18.1 Å². The van der Waals surface area contributed by atoms with E-state index in [4.69, 9.17) is 5.11 Å². The molecule has 5 heteroatoms. The van der Waals surface area contributed by atoms with Gasteiger partial charge in [0.1, 0.15) is 0 Å². The van der Waals surface area contributed by atoms with Gasteiger partial charge in [-0.3, -0.25) is 0 Å². The first-order valence-corrected chi connectivity index (χ1v) is 2.71. The van der Waals surface area contributed by atoms with Gasteiger partial charge >= 0.3 is 6.09 Å². The molecule has 0 aromatic rings. The maximum absolute atomic E-state index is 12.2. The topological polar surface area (TPSA) is 49.3 Å². The van der Waals surface area contributed by atoms with Crippen LogP contribution in [0.25, 0.3) is 0 Å². The van der Waals surface area contributed by atoms with E-state index in [2.05, 4.69) is 0 Å². The molecule has 0 aromatic heterocycles. The van der Waals surface area contributed by atoms with Crippen molar-refractivity contribution in [3.05, 3.63) is 0 Å². The van der Waals surface area contributed by atoms with Gasteiger partial charge in [-0.05, 0) is 6.92 Å². The highest BCUT2D eigenvalue weighted by Gasteiger charge is 2.30. The van der Waals surface area contributed by atoms with Gasteiger partial charge in [0.25, 0.3) is 5.92 Å². The number of nitrogens with one attached hydrogen (secondary N) is 1. The van der Waals surface area contributed by atoms with Gasteiger partial charge in [-0.25, -0.2) is 13.6 Å². The third-order valence-corrected chi connectivity index (χ3v) is 1.10. The van der Waals surface area contributed by atoms with Gasteiger partial charge in [0.05, 0.1) is 6.04 Å². The van der Waals surface area contributed by atoms with E-state index in [0.29, 0.717) is 6.92 Å². The summed E-state index contributed by atoms with van der Waals surface area (Å²) in [5.74, 6) is -3.00. The zero-order valence-corrected chi connectivity index (χ0v) is 5.69. The molecule has 0 fully saturated rings. The van der Waals surface area contributed by atoms with Gasteiger partial charge in [-0.2, -0.15) is 0 Å². The second-order valence-electron chi connectivity index (χ2n) is 2.13. The minimum Gasteiger partial charge on any atom is -0.465 e. The Bertz CT molecular complexity index is 132. The molecule has 0 saturated heterocycles. The smallest absolute Gasteiger partial charge is 0.405 e. The van der Waals surface area contributed by atoms with Crippen LogP contribution in [0.5, 0.6) is 0 Å². The zero-order chi connectivity index (χ0) is 8.36. The largest absolute Gasteiger partial charge is 0.465 e. The van der Waals surface area contributed by atoms with Crippen LogP contribution < -0.4 is 5.32 Å². The summed E-state index contributed by atoms with van der Waals surface area (Å²) in [6.07, 6.45) is -1.44. The fourth-order valence-corrected chi connectivity index (χ4v) is 0.312. The number of hydrogen-bond donors (Lipinski definition) is 2. The molecule has 0 aromatic carbocycles. The lowest BCUT2D eigenvalue weighted by Gasteiger charge is -2.18. The van der Waals surface area contributed by atoms with Crippen LogP contribution in [-0.4, -0.2) is 23.2 Å². The van der Waals surface area contributed by atoms with Crippen LogP contribution in [0.3, 0.4) is 0 Å². The van der Waals surface area contributed by atoms with E-state index in [1.54, 1.807) is 5.32 Å². The van der Waals surface area contributed by atoms with E-state index in [1.165, 1.54) is 0 Å². The number of alkyl halides is 2. The molecule has 1 amide bonds. The van der Waals surface area contributed by atoms with Crippen molar-refractivity contribution >= 4 is 6.09 Å². The predicted molar refractivity (Wildman–Crippen MR) is 31.2 cm³/mol. The summed E-state index contributed by atoms with van der Waals surface area (Å²) in [6, 6.07) is -1.34. The number of hydrogen-bond acceptors (Lipinski definition) is 1. The molecular formula is C5H9F2NO2. The fraction of sp³-hybridized carbons (Fsp3) is 0.800. The van der Waals surface area contributed by atoms with Crippen molar-refractivity contribution in [3.8, 4) is 0 Å². The third kappa shape index (κ3) is 3.21. The minimum atomic E-state index is -3.00. The molecule has 1 atom stereocenters. The lowest BCUT2D eigenvalue weighted by atomic mass is 10.2. The molecule has 3 nitrogen and oxygen atoms in total. The molecule has 60 valence electrons. The van der Waals surface area contributed by atoms with E-state index in [-0.39, 0.29) is 0 Å². The Balaban J connectivity index is 3.85. The van der Waals surface area contributed by atoms with Gasteiger partial charge in [0.2, 0.25) is 0 Å². The van der Waals surface area contributed by atoms with Crippen molar-refractivity contribution in [1.29, 1.82) is 0 Å². The standard InChI is InChI=1S/C5H9F2NO2/c1-3(5(2,6)7)8-4(9)10/h3,8H,1-2H3,(H,9,10). The lowest BCUT2D eigenvalue weighted by molar-refractivity contribution is -0.0106. The zero-order valence-electron chi connectivity index (χ0n) is 5.69. The van der Waals surface area contributed by atoms with Crippen molar-refractivity contribution in [2.24, 2.45) is 0 Å². The summed E-state index contributed by atoms with van der Waals surface area (Å²) in [7, 11) is 0. The van der Waals surface area contributed by atoms with Gasteiger partial charge in [0, 0.05) is 6.92 Å². The van der Waals surface area contributed by atoms with Crippen LogP contribution in [0.2, 0.25) is 0 Å². The Hall–Kier alpha value is -0.870.